The molecule has 2 saturated heterocycles. The van der Waals surface area contributed by atoms with E-state index in [-0.39, 0.29) is 16.8 Å². The monoisotopic (exact) mass is 512 g/mol. The zero-order valence-electron chi connectivity index (χ0n) is 20.1. The molecule has 3 aromatic rings. The van der Waals surface area contributed by atoms with Crippen LogP contribution in [0, 0.1) is 0 Å². The first-order valence-corrected chi connectivity index (χ1v) is 13.5. The van der Waals surface area contributed by atoms with Gasteiger partial charge in [0.05, 0.1) is 36.6 Å². The van der Waals surface area contributed by atoms with Crippen molar-refractivity contribution in [3.63, 3.8) is 0 Å². The summed E-state index contributed by atoms with van der Waals surface area (Å²) in [6.45, 7) is 2.97. The number of para-hydroxylation sites is 1. The average Bonchev–Trinajstić information content (AvgIpc) is 3.32. The van der Waals surface area contributed by atoms with Crippen LogP contribution in [-0.2, 0) is 19.3 Å². The van der Waals surface area contributed by atoms with Crippen LogP contribution in [0.25, 0.3) is 0 Å². The Labute approximate surface area is 209 Å². The van der Waals surface area contributed by atoms with Gasteiger partial charge < -0.3 is 29.7 Å². The molecule has 2 N–H and O–H groups in total. The van der Waals surface area contributed by atoms with Gasteiger partial charge in [0, 0.05) is 43.9 Å². The van der Waals surface area contributed by atoms with E-state index in [2.05, 4.69) is 30.5 Å². The smallest absolute Gasteiger partial charge is 0.232 e. The Kier molecular flexibility index (Phi) is 6.65. The fraction of sp³-hybridized carbons (Fsp3) is 0.375. The molecule has 1 spiro atoms. The summed E-state index contributed by atoms with van der Waals surface area (Å²) in [6.07, 6.45) is 4.14. The minimum Gasteiger partial charge on any atom is -0.494 e. The van der Waals surface area contributed by atoms with Crippen LogP contribution in [0.3, 0.4) is 0 Å². The number of piperidine rings is 1. The van der Waals surface area contributed by atoms with Crippen molar-refractivity contribution >= 4 is 38.8 Å². The van der Waals surface area contributed by atoms with Crippen molar-refractivity contribution in [2.24, 2.45) is 0 Å². The molecule has 190 valence electrons. The second kappa shape index (κ2) is 9.88. The minimum absolute atomic E-state index is 0.159. The lowest BCUT2D eigenvalue weighted by Gasteiger charge is -2.38. The second-order valence-corrected chi connectivity index (χ2v) is 10.6. The Balaban J connectivity index is 1.30. The summed E-state index contributed by atoms with van der Waals surface area (Å²) in [6, 6.07) is 12.5. The van der Waals surface area contributed by atoms with Gasteiger partial charge in [-0.25, -0.2) is 18.4 Å². The van der Waals surface area contributed by atoms with Gasteiger partial charge in [0.15, 0.2) is 15.6 Å². The van der Waals surface area contributed by atoms with E-state index >= 15 is 0 Å². The van der Waals surface area contributed by atoms with Crippen LogP contribution in [0.15, 0.2) is 53.7 Å². The molecule has 2 aliphatic heterocycles. The highest BCUT2D eigenvalue weighted by atomic mass is 32.2. The molecule has 2 fully saturated rings. The molecular weight excluding hydrogens is 484 g/mol. The van der Waals surface area contributed by atoms with E-state index in [4.69, 9.17) is 14.2 Å². The molecule has 0 amide bonds. The molecule has 2 aromatic carbocycles. The number of nitrogens with zero attached hydrogens (tertiary/aromatic N) is 4. The minimum atomic E-state index is -3.43. The molecule has 0 bridgehead atoms. The Morgan fingerprint density at radius 3 is 2.31 bits per heavy atom. The second-order valence-electron chi connectivity index (χ2n) is 8.63. The molecule has 1 aromatic heterocycles. The van der Waals surface area contributed by atoms with Crippen LogP contribution < -0.4 is 20.3 Å². The lowest BCUT2D eigenvalue weighted by molar-refractivity contribution is -0.169. The summed E-state index contributed by atoms with van der Waals surface area (Å²) in [4.78, 5) is 15.1. The zero-order chi connectivity index (χ0) is 25.2. The number of benzene rings is 2. The first-order chi connectivity index (χ1) is 17.4. The van der Waals surface area contributed by atoms with E-state index in [9.17, 15) is 8.42 Å². The molecule has 36 heavy (non-hydrogen) atoms. The number of methoxy groups -OCH3 is 1. The first-order valence-electron chi connectivity index (χ1n) is 11.6. The third kappa shape index (κ3) is 5.20. The van der Waals surface area contributed by atoms with Gasteiger partial charge in [0.2, 0.25) is 11.9 Å². The number of nitrogens with one attached hydrogen (secondary N) is 2. The Bertz CT molecular complexity index is 1340. The summed E-state index contributed by atoms with van der Waals surface area (Å²) in [5, 5.41) is 6.13. The first kappa shape index (κ1) is 24.2. The molecule has 3 heterocycles. The average molecular weight is 513 g/mol. The van der Waals surface area contributed by atoms with E-state index in [1.165, 1.54) is 12.4 Å². The normalized spacial score (nSPS) is 17.2. The summed E-state index contributed by atoms with van der Waals surface area (Å²) >= 11 is 0. The maximum atomic E-state index is 12.1. The van der Waals surface area contributed by atoms with Crippen molar-refractivity contribution in [3.8, 4) is 5.75 Å². The fourth-order valence-electron chi connectivity index (χ4n) is 4.42. The number of hydrogen-bond donors (Lipinski definition) is 2. The van der Waals surface area contributed by atoms with Gasteiger partial charge in [-0.2, -0.15) is 4.98 Å². The predicted molar refractivity (Wildman–Crippen MR) is 135 cm³/mol. The van der Waals surface area contributed by atoms with Crippen molar-refractivity contribution in [2.45, 2.75) is 23.5 Å². The van der Waals surface area contributed by atoms with E-state index in [0.717, 1.165) is 37.9 Å². The summed E-state index contributed by atoms with van der Waals surface area (Å²) in [5.74, 6) is 0.705. The van der Waals surface area contributed by atoms with Crippen molar-refractivity contribution in [1.82, 2.24) is 15.0 Å². The van der Waals surface area contributed by atoms with E-state index in [0.29, 0.717) is 30.3 Å². The standard InChI is InChI=1S/C24H28N6O5S/c1-33-20-15-17(30-11-9-24(10-12-30)34-13-14-35-24)7-8-18(20)27-22-25-16-26-23(29-22)28-19-5-3-4-6-21(19)36(2,31)32/h3-8,15-16H,9-14H2,1-2H3,(H2,25,26,27,28,29). The SMILES string of the molecule is COc1cc(N2CCC3(CC2)OCCO3)ccc1Nc1ncnc(Nc2ccccc2S(C)(=O)=O)n1. The van der Waals surface area contributed by atoms with Crippen molar-refractivity contribution < 1.29 is 22.6 Å². The van der Waals surface area contributed by atoms with Gasteiger partial charge in [-0.15, -0.1) is 0 Å². The lowest BCUT2D eigenvalue weighted by Crippen LogP contribution is -2.45. The molecular formula is C24H28N6O5S. The highest BCUT2D eigenvalue weighted by Gasteiger charge is 2.39. The highest BCUT2D eigenvalue weighted by molar-refractivity contribution is 7.90. The topological polar surface area (TPSA) is 128 Å². The Morgan fingerprint density at radius 2 is 1.64 bits per heavy atom. The number of anilines is 5. The summed E-state index contributed by atoms with van der Waals surface area (Å²) in [5.41, 5.74) is 2.11. The zero-order valence-corrected chi connectivity index (χ0v) is 20.9. The largest absolute Gasteiger partial charge is 0.494 e. The fourth-order valence-corrected chi connectivity index (χ4v) is 5.27. The molecule has 0 atom stereocenters. The third-order valence-electron chi connectivity index (χ3n) is 6.24. The number of sulfone groups is 1. The molecule has 0 saturated carbocycles. The lowest BCUT2D eigenvalue weighted by atomic mass is 10.0. The molecule has 5 rings (SSSR count). The van der Waals surface area contributed by atoms with Gasteiger partial charge in [-0.05, 0) is 24.3 Å². The molecule has 0 unspecified atom stereocenters. The molecule has 12 heteroatoms. The number of ether oxygens (including phenoxy) is 3. The summed E-state index contributed by atoms with van der Waals surface area (Å²) in [7, 11) is -1.82. The van der Waals surface area contributed by atoms with E-state index in [1.807, 2.05) is 18.2 Å². The Hall–Kier alpha value is -3.48. The number of rotatable bonds is 7. The third-order valence-corrected chi connectivity index (χ3v) is 7.40. The van der Waals surface area contributed by atoms with Gasteiger partial charge in [0.1, 0.15) is 12.1 Å². The molecule has 2 aliphatic rings. The van der Waals surface area contributed by atoms with Crippen LogP contribution in [0.5, 0.6) is 5.75 Å². The van der Waals surface area contributed by atoms with Crippen molar-refractivity contribution in [1.29, 1.82) is 0 Å². The maximum Gasteiger partial charge on any atom is 0.232 e. The van der Waals surface area contributed by atoms with Crippen LogP contribution in [0.4, 0.5) is 29.0 Å². The van der Waals surface area contributed by atoms with Gasteiger partial charge in [-0.1, -0.05) is 12.1 Å². The van der Waals surface area contributed by atoms with Gasteiger partial charge in [0.25, 0.3) is 0 Å². The van der Waals surface area contributed by atoms with Crippen molar-refractivity contribution in [2.75, 3.05) is 55.2 Å². The molecule has 0 radical (unpaired) electrons. The quantitative estimate of drug-likeness (QED) is 0.485. The van der Waals surface area contributed by atoms with E-state index in [1.54, 1.807) is 25.3 Å². The van der Waals surface area contributed by atoms with Gasteiger partial charge >= 0.3 is 0 Å². The van der Waals surface area contributed by atoms with E-state index < -0.39 is 15.6 Å². The summed E-state index contributed by atoms with van der Waals surface area (Å²) < 4.78 is 41.5. The van der Waals surface area contributed by atoms with Gasteiger partial charge in [-0.3, -0.25) is 0 Å². The van der Waals surface area contributed by atoms with Crippen molar-refractivity contribution in [3.05, 3.63) is 48.8 Å². The highest BCUT2D eigenvalue weighted by Crippen LogP contribution is 2.36. The van der Waals surface area contributed by atoms with Crippen LogP contribution in [-0.4, -0.2) is 68.8 Å². The predicted octanol–water partition coefficient (Wildman–Crippen LogP) is 3.11. The number of aromatic nitrogens is 3. The van der Waals surface area contributed by atoms with Crippen LogP contribution in [0.1, 0.15) is 12.8 Å². The van der Waals surface area contributed by atoms with Crippen LogP contribution in [0.2, 0.25) is 0 Å². The number of hydrogen-bond acceptors (Lipinski definition) is 11. The molecule has 11 nitrogen and oxygen atoms in total. The Morgan fingerprint density at radius 1 is 0.972 bits per heavy atom. The maximum absolute atomic E-state index is 12.1. The molecule has 0 aliphatic carbocycles. The van der Waals surface area contributed by atoms with Crippen LogP contribution >= 0.6 is 0 Å².